The van der Waals surface area contributed by atoms with Crippen molar-refractivity contribution in [3.05, 3.63) is 34.3 Å². The number of hydrogen-bond donors (Lipinski definition) is 1. The lowest BCUT2D eigenvalue weighted by molar-refractivity contribution is 0.0794. The average molecular weight is 329 g/mol. The number of methoxy groups -OCH3 is 1. The Balaban J connectivity index is 2.97. The van der Waals surface area contributed by atoms with Crippen molar-refractivity contribution in [3.63, 3.8) is 0 Å². The van der Waals surface area contributed by atoms with Crippen LogP contribution in [0.4, 0.5) is 0 Å². The molecule has 2 N–H and O–H groups in total. The van der Waals surface area contributed by atoms with Gasteiger partial charge in [-0.1, -0.05) is 35.0 Å². The molecule has 0 saturated carbocycles. The molecule has 0 saturated heterocycles. The Hall–Kier alpha value is -0.420. The molecule has 3 nitrogen and oxygen atoms in total. The van der Waals surface area contributed by atoms with Crippen molar-refractivity contribution >= 4 is 15.9 Å². The zero-order chi connectivity index (χ0) is 14.4. The third-order valence-electron chi connectivity index (χ3n) is 3.63. The van der Waals surface area contributed by atoms with Gasteiger partial charge in [-0.15, -0.1) is 0 Å². The van der Waals surface area contributed by atoms with Crippen LogP contribution in [0.3, 0.4) is 0 Å². The Bertz CT molecular complexity index is 369. The second kappa shape index (κ2) is 8.00. The smallest absolute Gasteiger partial charge is 0.0615 e. The average Bonchev–Trinajstić information content (AvgIpc) is 2.41. The Morgan fingerprint density at radius 3 is 2.37 bits per heavy atom. The molecule has 0 aliphatic rings. The summed E-state index contributed by atoms with van der Waals surface area (Å²) >= 11 is 3.47. The molecule has 1 rings (SSSR count). The van der Waals surface area contributed by atoms with Gasteiger partial charge in [-0.2, -0.15) is 0 Å². The number of rotatable bonds is 7. The topological polar surface area (TPSA) is 38.5 Å². The molecule has 3 unspecified atom stereocenters. The lowest BCUT2D eigenvalue weighted by Crippen LogP contribution is -2.44. The normalized spacial score (nSPS) is 16.4. The van der Waals surface area contributed by atoms with E-state index in [0.29, 0.717) is 12.6 Å². The molecule has 1 aromatic carbocycles. The lowest BCUT2D eigenvalue weighted by Gasteiger charge is -2.36. The predicted octanol–water partition coefficient (Wildman–Crippen LogP) is 3.19. The summed E-state index contributed by atoms with van der Waals surface area (Å²) in [7, 11) is 3.85. The van der Waals surface area contributed by atoms with E-state index in [4.69, 9.17) is 10.5 Å². The van der Waals surface area contributed by atoms with Crippen LogP contribution in [-0.2, 0) is 4.74 Å². The van der Waals surface area contributed by atoms with Crippen molar-refractivity contribution in [1.82, 2.24) is 4.90 Å². The largest absolute Gasteiger partial charge is 0.383 e. The van der Waals surface area contributed by atoms with Gasteiger partial charge in [0.05, 0.1) is 6.61 Å². The molecule has 3 atom stereocenters. The number of ether oxygens (including phenoxy) is 1. The van der Waals surface area contributed by atoms with Gasteiger partial charge in [-0.05, 0) is 38.1 Å². The predicted molar refractivity (Wildman–Crippen MR) is 84.3 cm³/mol. The first kappa shape index (κ1) is 16.6. The van der Waals surface area contributed by atoms with Crippen LogP contribution in [-0.4, -0.2) is 37.7 Å². The molecule has 108 valence electrons. The number of nitrogens with two attached hydrogens (primary N) is 1. The Morgan fingerprint density at radius 1 is 1.32 bits per heavy atom. The molecular formula is C15H25BrN2O. The van der Waals surface area contributed by atoms with Gasteiger partial charge in [0.15, 0.2) is 0 Å². The number of halogens is 1. The Kier molecular flexibility index (Phi) is 7.00. The number of hydrogen-bond acceptors (Lipinski definition) is 3. The summed E-state index contributed by atoms with van der Waals surface area (Å²) in [6.45, 7) is 5.00. The highest BCUT2D eigenvalue weighted by Crippen LogP contribution is 2.27. The van der Waals surface area contributed by atoms with Crippen molar-refractivity contribution in [3.8, 4) is 0 Å². The van der Waals surface area contributed by atoms with E-state index in [2.05, 4.69) is 66.0 Å². The second-order valence-electron chi connectivity index (χ2n) is 5.04. The van der Waals surface area contributed by atoms with Gasteiger partial charge in [-0.25, -0.2) is 0 Å². The van der Waals surface area contributed by atoms with Crippen molar-refractivity contribution in [1.29, 1.82) is 0 Å². The maximum atomic E-state index is 6.33. The van der Waals surface area contributed by atoms with E-state index in [1.165, 1.54) is 5.56 Å². The van der Waals surface area contributed by atoms with E-state index in [0.717, 1.165) is 10.9 Å². The van der Waals surface area contributed by atoms with Crippen LogP contribution in [0.15, 0.2) is 28.7 Å². The first-order chi connectivity index (χ1) is 9.01. The fourth-order valence-electron chi connectivity index (χ4n) is 2.30. The molecule has 0 amide bonds. The van der Waals surface area contributed by atoms with E-state index < -0.39 is 0 Å². The minimum absolute atomic E-state index is 0.116. The summed E-state index contributed by atoms with van der Waals surface area (Å²) in [6.07, 6.45) is 0.949. The summed E-state index contributed by atoms with van der Waals surface area (Å²) in [4.78, 5) is 2.31. The fraction of sp³-hybridized carbons (Fsp3) is 0.600. The van der Waals surface area contributed by atoms with Gasteiger partial charge in [0.2, 0.25) is 0 Å². The van der Waals surface area contributed by atoms with Crippen LogP contribution in [0.2, 0.25) is 0 Å². The van der Waals surface area contributed by atoms with Crippen LogP contribution in [0.25, 0.3) is 0 Å². The molecule has 4 heteroatoms. The summed E-state index contributed by atoms with van der Waals surface area (Å²) in [6, 6.07) is 9.07. The third kappa shape index (κ3) is 4.56. The van der Waals surface area contributed by atoms with Crippen molar-refractivity contribution < 1.29 is 4.74 Å². The Morgan fingerprint density at radius 2 is 1.89 bits per heavy atom. The van der Waals surface area contributed by atoms with Crippen LogP contribution in [0, 0.1) is 0 Å². The highest BCUT2D eigenvalue weighted by atomic mass is 79.9. The molecule has 0 heterocycles. The molecule has 0 bridgehead atoms. The molecule has 1 aromatic rings. The fourth-order valence-corrected chi connectivity index (χ4v) is 2.56. The van der Waals surface area contributed by atoms with E-state index in [1.54, 1.807) is 7.11 Å². The molecular weight excluding hydrogens is 304 g/mol. The standard InChI is InChI=1S/C15H25BrN2O/c1-5-14(17)15(18(3)11(2)10-19-4)12-6-8-13(16)9-7-12/h6-9,11,14-15H,5,10,17H2,1-4H3. The molecule has 0 aromatic heterocycles. The first-order valence-electron chi connectivity index (χ1n) is 6.73. The van der Waals surface area contributed by atoms with E-state index in [-0.39, 0.29) is 12.1 Å². The van der Waals surface area contributed by atoms with Gasteiger partial charge >= 0.3 is 0 Å². The minimum Gasteiger partial charge on any atom is -0.383 e. The highest BCUT2D eigenvalue weighted by molar-refractivity contribution is 9.10. The molecule has 0 aliphatic heterocycles. The monoisotopic (exact) mass is 328 g/mol. The third-order valence-corrected chi connectivity index (χ3v) is 4.16. The van der Waals surface area contributed by atoms with Crippen LogP contribution < -0.4 is 5.73 Å². The van der Waals surface area contributed by atoms with E-state index in [9.17, 15) is 0 Å². The highest BCUT2D eigenvalue weighted by Gasteiger charge is 2.26. The van der Waals surface area contributed by atoms with Crippen molar-refractivity contribution in [2.45, 2.75) is 38.4 Å². The number of nitrogens with zero attached hydrogens (tertiary/aromatic N) is 1. The molecule has 0 fully saturated rings. The summed E-state index contributed by atoms with van der Waals surface area (Å²) in [5.74, 6) is 0. The molecule has 0 radical (unpaired) electrons. The first-order valence-corrected chi connectivity index (χ1v) is 7.52. The zero-order valence-corrected chi connectivity index (χ0v) is 13.9. The summed E-state index contributed by atoms with van der Waals surface area (Å²) < 4.78 is 6.34. The summed E-state index contributed by atoms with van der Waals surface area (Å²) in [5.41, 5.74) is 7.58. The quantitative estimate of drug-likeness (QED) is 0.835. The van der Waals surface area contributed by atoms with Gasteiger partial charge in [0.25, 0.3) is 0 Å². The maximum Gasteiger partial charge on any atom is 0.0615 e. The van der Waals surface area contributed by atoms with Gasteiger partial charge in [0, 0.05) is 29.7 Å². The van der Waals surface area contributed by atoms with Crippen LogP contribution in [0.5, 0.6) is 0 Å². The second-order valence-corrected chi connectivity index (χ2v) is 5.95. The minimum atomic E-state index is 0.116. The zero-order valence-electron chi connectivity index (χ0n) is 12.3. The van der Waals surface area contributed by atoms with Gasteiger partial charge in [-0.3, -0.25) is 4.90 Å². The van der Waals surface area contributed by atoms with Crippen molar-refractivity contribution in [2.24, 2.45) is 5.73 Å². The van der Waals surface area contributed by atoms with E-state index in [1.807, 2.05) is 0 Å². The van der Waals surface area contributed by atoms with Crippen molar-refractivity contribution in [2.75, 3.05) is 20.8 Å². The van der Waals surface area contributed by atoms with Crippen LogP contribution >= 0.6 is 15.9 Å². The van der Waals surface area contributed by atoms with E-state index >= 15 is 0 Å². The SMILES string of the molecule is CCC(N)C(c1ccc(Br)cc1)N(C)C(C)COC. The Labute approximate surface area is 125 Å². The van der Waals surface area contributed by atoms with Gasteiger partial charge < -0.3 is 10.5 Å². The molecule has 19 heavy (non-hydrogen) atoms. The lowest BCUT2D eigenvalue weighted by atomic mass is 9.95. The van der Waals surface area contributed by atoms with Gasteiger partial charge in [0.1, 0.15) is 0 Å². The molecule has 0 spiro atoms. The number of benzene rings is 1. The number of likely N-dealkylation sites (N-methyl/N-ethyl adjacent to an activating group) is 1. The molecule has 0 aliphatic carbocycles. The van der Waals surface area contributed by atoms with Crippen LogP contribution in [0.1, 0.15) is 31.9 Å². The maximum absolute atomic E-state index is 6.33. The summed E-state index contributed by atoms with van der Waals surface area (Å²) in [5, 5.41) is 0.